The number of carbonyl (C=O) groups is 1. The number of nitrogens with two attached hydrogens (primary N) is 1. The van der Waals surface area contributed by atoms with Crippen LogP contribution in [-0.4, -0.2) is 10.9 Å². The molecule has 1 aromatic carbocycles. The summed E-state index contributed by atoms with van der Waals surface area (Å²) in [5, 5.41) is 2.91. The number of amides is 1. The zero-order chi connectivity index (χ0) is 15.4. The first-order chi connectivity index (χ1) is 9.99. The van der Waals surface area contributed by atoms with E-state index in [1.54, 1.807) is 24.3 Å². The molecular weight excluding hydrogens is 269 g/mol. The summed E-state index contributed by atoms with van der Waals surface area (Å²) in [4.78, 5) is 16.3. The molecule has 3 N–H and O–H groups in total. The maximum Gasteiger partial charge on any atom is 0.272 e. The van der Waals surface area contributed by atoms with E-state index in [2.05, 4.69) is 10.3 Å². The van der Waals surface area contributed by atoms with Crippen LogP contribution in [0.3, 0.4) is 0 Å². The van der Waals surface area contributed by atoms with E-state index in [-0.39, 0.29) is 29.4 Å². The Balaban J connectivity index is 2.23. The van der Waals surface area contributed by atoms with Crippen molar-refractivity contribution in [3.63, 3.8) is 0 Å². The van der Waals surface area contributed by atoms with Crippen molar-refractivity contribution in [3.8, 4) is 0 Å². The number of hydrogen-bond acceptors (Lipinski definition) is 3. The minimum absolute atomic E-state index is 0.143. The number of nitrogens with one attached hydrogen (secondary N) is 1. The van der Waals surface area contributed by atoms with E-state index in [0.29, 0.717) is 5.69 Å². The van der Waals surface area contributed by atoms with Crippen molar-refractivity contribution >= 4 is 11.6 Å². The van der Waals surface area contributed by atoms with Crippen LogP contribution in [0.1, 0.15) is 35.9 Å². The smallest absolute Gasteiger partial charge is 0.272 e. The average Bonchev–Trinajstić information content (AvgIpc) is 2.46. The Hall–Kier alpha value is -2.43. The van der Waals surface area contributed by atoms with Crippen LogP contribution in [0.2, 0.25) is 0 Å². The molecule has 1 aromatic heterocycles. The fourth-order valence-corrected chi connectivity index (χ4v) is 2.12. The molecule has 2 rings (SSSR count). The molecule has 110 valence electrons. The summed E-state index contributed by atoms with van der Waals surface area (Å²) in [5.41, 5.74) is 7.13. The van der Waals surface area contributed by atoms with Gasteiger partial charge in [0.05, 0.1) is 11.7 Å². The third-order valence-electron chi connectivity index (χ3n) is 3.24. The molecule has 1 heterocycles. The van der Waals surface area contributed by atoms with Crippen LogP contribution >= 0.6 is 0 Å². The van der Waals surface area contributed by atoms with E-state index < -0.39 is 0 Å². The van der Waals surface area contributed by atoms with Gasteiger partial charge in [-0.3, -0.25) is 4.79 Å². The molecule has 0 aliphatic heterocycles. The fraction of sp³-hybridized carbons (Fsp3) is 0.250. The third kappa shape index (κ3) is 3.56. The van der Waals surface area contributed by atoms with Crippen LogP contribution in [0, 0.1) is 11.7 Å². The highest BCUT2D eigenvalue weighted by Crippen LogP contribution is 2.22. The lowest BCUT2D eigenvalue weighted by atomic mass is 9.96. The largest absolute Gasteiger partial charge is 0.397 e. The first kappa shape index (κ1) is 15.0. The Morgan fingerprint density at radius 1 is 1.24 bits per heavy atom. The number of rotatable bonds is 4. The molecule has 0 spiro atoms. The molecule has 21 heavy (non-hydrogen) atoms. The number of benzene rings is 1. The lowest BCUT2D eigenvalue weighted by molar-refractivity contribution is 0.0921. The van der Waals surface area contributed by atoms with E-state index in [1.807, 2.05) is 13.8 Å². The van der Waals surface area contributed by atoms with Gasteiger partial charge in [0.25, 0.3) is 5.91 Å². The second-order valence-corrected chi connectivity index (χ2v) is 5.19. The summed E-state index contributed by atoms with van der Waals surface area (Å²) in [7, 11) is 0. The van der Waals surface area contributed by atoms with Crippen LogP contribution in [0.25, 0.3) is 0 Å². The molecule has 0 aliphatic rings. The zero-order valence-electron chi connectivity index (χ0n) is 12.0. The predicted molar refractivity (Wildman–Crippen MR) is 80.1 cm³/mol. The van der Waals surface area contributed by atoms with Crippen molar-refractivity contribution in [3.05, 3.63) is 59.7 Å². The number of nitrogen functional groups attached to an aromatic ring is 1. The maximum absolute atomic E-state index is 13.0. The lowest BCUT2D eigenvalue weighted by Crippen LogP contribution is -2.32. The van der Waals surface area contributed by atoms with Crippen LogP contribution in [0.15, 0.2) is 42.6 Å². The van der Waals surface area contributed by atoms with E-state index in [1.165, 1.54) is 18.3 Å². The minimum Gasteiger partial charge on any atom is -0.397 e. The van der Waals surface area contributed by atoms with Crippen LogP contribution in [-0.2, 0) is 0 Å². The van der Waals surface area contributed by atoms with Gasteiger partial charge in [0.15, 0.2) is 5.69 Å². The summed E-state index contributed by atoms with van der Waals surface area (Å²) in [6.07, 6.45) is 1.52. The number of pyridine rings is 1. The van der Waals surface area contributed by atoms with Crippen LogP contribution in [0.4, 0.5) is 10.1 Å². The maximum atomic E-state index is 13.0. The van der Waals surface area contributed by atoms with Crippen LogP contribution < -0.4 is 11.1 Å². The highest BCUT2D eigenvalue weighted by Gasteiger charge is 2.20. The predicted octanol–water partition coefficient (Wildman–Crippen LogP) is 2.93. The number of aromatic nitrogens is 1. The zero-order valence-corrected chi connectivity index (χ0v) is 12.0. The molecule has 1 amide bonds. The van der Waals surface area contributed by atoms with Crippen molar-refractivity contribution in [1.29, 1.82) is 0 Å². The standard InChI is InChI=1S/C16H18FN3O/c1-10(2)14(11-5-7-12(17)8-6-11)20-16(21)15-13(18)4-3-9-19-15/h3-10,14H,18H2,1-2H3,(H,20,21). The van der Waals surface area contributed by atoms with E-state index in [4.69, 9.17) is 5.73 Å². The Labute approximate surface area is 123 Å². The Morgan fingerprint density at radius 2 is 1.90 bits per heavy atom. The average molecular weight is 287 g/mol. The van der Waals surface area contributed by atoms with Gasteiger partial charge in [-0.25, -0.2) is 9.37 Å². The van der Waals surface area contributed by atoms with Crippen molar-refractivity contribution in [1.82, 2.24) is 10.3 Å². The second-order valence-electron chi connectivity index (χ2n) is 5.19. The molecule has 0 saturated carbocycles. The number of halogens is 1. The topological polar surface area (TPSA) is 68.0 Å². The summed E-state index contributed by atoms with van der Waals surface area (Å²) >= 11 is 0. The monoisotopic (exact) mass is 287 g/mol. The van der Waals surface area contributed by atoms with Gasteiger partial charge in [-0.2, -0.15) is 0 Å². The summed E-state index contributed by atoms with van der Waals surface area (Å²) in [6.45, 7) is 3.96. The Morgan fingerprint density at radius 3 is 2.48 bits per heavy atom. The lowest BCUT2D eigenvalue weighted by Gasteiger charge is -2.23. The first-order valence-corrected chi connectivity index (χ1v) is 6.76. The normalized spacial score (nSPS) is 12.2. The van der Waals surface area contributed by atoms with E-state index in [9.17, 15) is 9.18 Å². The Kier molecular flexibility index (Phi) is 4.52. The van der Waals surface area contributed by atoms with Crippen molar-refractivity contribution < 1.29 is 9.18 Å². The molecule has 2 aromatic rings. The molecule has 0 aliphatic carbocycles. The molecule has 0 fully saturated rings. The SMILES string of the molecule is CC(C)C(NC(=O)c1ncccc1N)c1ccc(F)cc1. The molecule has 0 saturated heterocycles. The van der Waals surface area contributed by atoms with Gasteiger partial charge in [0.1, 0.15) is 5.82 Å². The molecule has 1 atom stereocenters. The summed E-state index contributed by atoms with van der Waals surface area (Å²) < 4.78 is 13.0. The van der Waals surface area contributed by atoms with Crippen molar-refractivity contribution in [2.24, 2.45) is 5.92 Å². The highest BCUT2D eigenvalue weighted by atomic mass is 19.1. The van der Waals surface area contributed by atoms with E-state index >= 15 is 0 Å². The molecule has 5 heteroatoms. The van der Waals surface area contributed by atoms with Gasteiger partial charge in [-0.15, -0.1) is 0 Å². The number of nitrogens with zero attached hydrogens (tertiary/aromatic N) is 1. The number of anilines is 1. The molecule has 4 nitrogen and oxygen atoms in total. The molecule has 0 bridgehead atoms. The fourth-order valence-electron chi connectivity index (χ4n) is 2.12. The second kappa shape index (κ2) is 6.35. The first-order valence-electron chi connectivity index (χ1n) is 6.76. The molecule has 0 radical (unpaired) electrons. The summed E-state index contributed by atoms with van der Waals surface area (Å²) in [5.74, 6) is -0.498. The van der Waals surface area contributed by atoms with Crippen LogP contribution in [0.5, 0.6) is 0 Å². The third-order valence-corrected chi connectivity index (χ3v) is 3.24. The number of carbonyl (C=O) groups excluding carboxylic acids is 1. The Bertz CT molecular complexity index is 626. The minimum atomic E-state index is -0.337. The van der Waals surface area contributed by atoms with Gasteiger partial charge < -0.3 is 11.1 Å². The molecule has 1 unspecified atom stereocenters. The van der Waals surface area contributed by atoms with Gasteiger partial charge in [0, 0.05) is 6.20 Å². The highest BCUT2D eigenvalue weighted by molar-refractivity contribution is 5.97. The van der Waals surface area contributed by atoms with Gasteiger partial charge in [0.2, 0.25) is 0 Å². The van der Waals surface area contributed by atoms with Crippen molar-refractivity contribution in [2.45, 2.75) is 19.9 Å². The quantitative estimate of drug-likeness (QED) is 0.908. The van der Waals surface area contributed by atoms with Gasteiger partial charge in [-0.05, 0) is 35.7 Å². The van der Waals surface area contributed by atoms with Gasteiger partial charge in [-0.1, -0.05) is 26.0 Å². The molecular formula is C16H18FN3O. The van der Waals surface area contributed by atoms with E-state index in [0.717, 1.165) is 5.56 Å². The van der Waals surface area contributed by atoms with Gasteiger partial charge >= 0.3 is 0 Å². The summed E-state index contributed by atoms with van der Waals surface area (Å²) in [6, 6.07) is 9.16. The van der Waals surface area contributed by atoms with Crippen molar-refractivity contribution in [2.75, 3.05) is 5.73 Å². The number of hydrogen-bond donors (Lipinski definition) is 2.